The Morgan fingerprint density at radius 1 is 1.22 bits per heavy atom. The number of rotatable bonds is 3. The molecule has 0 bridgehead atoms. The first-order valence-electron chi connectivity index (χ1n) is 8.29. The van der Waals surface area contributed by atoms with Gasteiger partial charge in [0.15, 0.2) is 0 Å². The molecule has 0 aromatic heterocycles. The average Bonchev–Trinajstić information content (AvgIpc) is 2.84. The molecule has 6 heteroatoms. The van der Waals surface area contributed by atoms with Crippen molar-refractivity contribution < 1.29 is 9.90 Å². The van der Waals surface area contributed by atoms with Gasteiger partial charge in [0.1, 0.15) is 0 Å². The van der Waals surface area contributed by atoms with Gasteiger partial charge in [0.25, 0.3) is 0 Å². The van der Waals surface area contributed by atoms with Gasteiger partial charge in [0.05, 0.1) is 12.1 Å². The van der Waals surface area contributed by atoms with Crippen LogP contribution < -0.4 is 5.32 Å². The van der Waals surface area contributed by atoms with Crippen LogP contribution in [0.1, 0.15) is 18.4 Å². The van der Waals surface area contributed by atoms with E-state index in [2.05, 4.69) is 22.3 Å². The number of hydrogen-bond acceptors (Lipinski definition) is 4. The van der Waals surface area contributed by atoms with E-state index in [9.17, 15) is 9.90 Å². The number of benzene rings is 1. The van der Waals surface area contributed by atoms with Crippen molar-refractivity contribution in [3.8, 4) is 0 Å². The number of nitrogens with one attached hydrogen (secondary N) is 1. The van der Waals surface area contributed by atoms with Crippen LogP contribution in [0.3, 0.4) is 0 Å². The van der Waals surface area contributed by atoms with Crippen molar-refractivity contribution in [1.82, 2.24) is 15.1 Å². The van der Waals surface area contributed by atoms with E-state index in [1.807, 2.05) is 17.0 Å². The molecule has 23 heavy (non-hydrogen) atoms. The van der Waals surface area contributed by atoms with Gasteiger partial charge in [-0.2, -0.15) is 0 Å². The zero-order chi connectivity index (χ0) is 16.2. The first kappa shape index (κ1) is 16.7. The van der Waals surface area contributed by atoms with Crippen molar-refractivity contribution in [1.29, 1.82) is 0 Å². The zero-order valence-corrected chi connectivity index (χ0v) is 14.0. The lowest BCUT2D eigenvalue weighted by Crippen LogP contribution is -2.45. The van der Waals surface area contributed by atoms with Crippen LogP contribution in [0.15, 0.2) is 24.3 Å². The summed E-state index contributed by atoms with van der Waals surface area (Å²) < 4.78 is 0. The van der Waals surface area contributed by atoms with Crippen molar-refractivity contribution in [3.63, 3.8) is 0 Å². The van der Waals surface area contributed by atoms with Crippen molar-refractivity contribution in [2.45, 2.75) is 31.5 Å². The smallest absolute Gasteiger partial charge is 0.239 e. The Labute approximate surface area is 142 Å². The van der Waals surface area contributed by atoms with E-state index >= 15 is 0 Å². The summed E-state index contributed by atoms with van der Waals surface area (Å²) in [5, 5.41) is 13.4. The van der Waals surface area contributed by atoms with E-state index in [0.29, 0.717) is 13.0 Å². The predicted octanol–water partition coefficient (Wildman–Crippen LogP) is 1.10. The molecule has 2 fully saturated rings. The molecule has 2 unspecified atom stereocenters. The van der Waals surface area contributed by atoms with E-state index < -0.39 is 6.10 Å². The largest absolute Gasteiger partial charge is 0.392 e. The molecule has 1 amide bonds. The quantitative estimate of drug-likeness (QED) is 0.867. The fourth-order valence-electron chi connectivity index (χ4n) is 3.32. The van der Waals surface area contributed by atoms with Gasteiger partial charge in [-0.15, -0.1) is 0 Å². The summed E-state index contributed by atoms with van der Waals surface area (Å²) in [6, 6.07) is 7.73. The first-order chi connectivity index (χ1) is 11.1. The highest BCUT2D eigenvalue weighted by molar-refractivity contribution is 6.30. The van der Waals surface area contributed by atoms with Gasteiger partial charge in [-0.1, -0.05) is 23.7 Å². The van der Waals surface area contributed by atoms with Crippen LogP contribution in [0.25, 0.3) is 0 Å². The lowest BCUT2D eigenvalue weighted by Gasteiger charge is -2.24. The van der Waals surface area contributed by atoms with E-state index in [0.717, 1.165) is 44.2 Å². The molecule has 5 nitrogen and oxygen atoms in total. The van der Waals surface area contributed by atoms with Crippen LogP contribution in [-0.4, -0.2) is 65.7 Å². The number of aliphatic hydroxyl groups is 1. The molecule has 0 saturated carbocycles. The maximum Gasteiger partial charge on any atom is 0.239 e. The van der Waals surface area contributed by atoms with Gasteiger partial charge in [0.2, 0.25) is 5.91 Å². The fourth-order valence-corrected chi connectivity index (χ4v) is 3.45. The number of aliphatic hydroxyl groups excluding tert-OH is 1. The van der Waals surface area contributed by atoms with Crippen molar-refractivity contribution in [2.75, 3.05) is 32.7 Å². The second-order valence-electron chi connectivity index (χ2n) is 6.43. The van der Waals surface area contributed by atoms with Gasteiger partial charge in [-0.05, 0) is 30.5 Å². The maximum atomic E-state index is 12.5. The molecule has 2 heterocycles. The molecule has 0 aliphatic carbocycles. The van der Waals surface area contributed by atoms with Gasteiger partial charge < -0.3 is 15.3 Å². The third kappa shape index (κ3) is 4.44. The van der Waals surface area contributed by atoms with Crippen molar-refractivity contribution in [3.05, 3.63) is 34.9 Å². The minimum Gasteiger partial charge on any atom is -0.392 e. The van der Waals surface area contributed by atoms with E-state index in [1.165, 1.54) is 5.56 Å². The van der Waals surface area contributed by atoms with E-state index in [-0.39, 0.29) is 11.9 Å². The molecule has 2 saturated heterocycles. The number of halogens is 1. The van der Waals surface area contributed by atoms with Gasteiger partial charge >= 0.3 is 0 Å². The molecule has 1 aromatic carbocycles. The highest BCUT2D eigenvalue weighted by Gasteiger charge is 2.31. The summed E-state index contributed by atoms with van der Waals surface area (Å²) in [5.41, 5.74) is 1.25. The molecular formula is C17H24ClN3O2. The van der Waals surface area contributed by atoms with Crippen LogP contribution in [0, 0.1) is 0 Å². The van der Waals surface area contributed by atoms with Crippen LogP contribution >= 0.6 is 11.6 Å². The molecular weight excluding hydrogens is 314 g/mol. The number of carbonyl (C=O) groups excluding carboxylic acids is 1. The Morgan fingerprint density at radius 2 is 2.00 bits per heavy atom. The Bertz CT molecular complexity index is 537. The van der Waals surface area contributed by atoms with Crippen LogP contribution in [-0.2, 0) is 11.3 Å². The lowest BCUT2D eigenvalue weighted by atomic mass is 10.2. The van der Waals surface area contributed by atoms with Crippen molar-refractivity contribution in [2.24, 2.45) is 0 Å². The normalized spacial score (nSPS) is 26.3. The summed E-state index contributed by atoms with van der Waals surface area (Å²) in [6.07, 6.45) is 1.12. The molecule has 2 N–H and O–H groups in total. The maximum absolute atomic E-state index is 12.5. The summed E-state index contributed by atoms with van der Waals surface area (Å²) in [5.74, 6) is 0.134. The molecule has 0 radical (unpaired) electrons. The second-order valence-corrected chi connectivity index (χ2v) is 6.87. The minimum absolute atomic E-state index is 0.134. The average molecular weight is 338 g/mol. The summed E-state index contributed by atoms with van der Waals surface area (Å²) in [4.78, 5) is 16.8. The van der Waals surface area contributed by atoms with Crippen LogP contribution in [0.4, 0.5) is 0 Å². The third-order valence-electron chi connectivity index (χ3n) is 4.63. The van der Waals surface area contributed by atoms with E-state index in [1.54, 1.807) is 0 Å². The number of β-amino-alcohol motifs (C(OH)–C–C–N with tert-alkyl or cyclic N) is 1. The van der Waals surface area contributed by atoms with Crippen LogP contribution in [0.5, 0.6) is 0 Å². The van der Waals surface area contributed by atoms with Gasteiger partial charge in [-0.25, -0.2) is 0 Å². The zero-order valence-electron chi connectivity index (χ0n) is 13.2. The molecule has 1 aromatic rings. The second kappa shape index (κ2) is 7.62. The highest BCUT2D eigenvalue weighted by Crippen LogP contribution is 2.15. The molecule has 2 aliphatic heterocycles. The van der Waals surface area contributed by atoms with Gasteiger partial charge in [-0.3, -0.25) is 9.69 Å². The van der Waals surface area contributed by atoms with Gasteiger partial charge in [0, 0.05) is 44.3 Å². The number of nitrogens with zero attached hydrogens (tertiary/aromatic N) is 2. The van der Waals surface area contributed by atoms with Crippen LogP contribution in [0.2, 0.25) is 5.02 Å². The SMILES string of the molecule is O=C(C1CC(O)CN1)N1CCCN(Cc2ccc(Cl)cc2)CC1. The Morgan fingerprint density at radius 3 is 2.70 bits per heavy atom. The lowest BCUT2D eigenvalue weighted by molar-refractivity contribution is -0.133. The fraction of sp³-hybridized carbons (Fsp3) is 0.588. The molecule has 2 aliphatic rings. The Hall–Kier alpha value is -1.14. The van der Waals surface area contributed by atoms with E-state index in [4.69, 9.17) is 11.6 Å². The third-order valence-corrected chi connectivity index (χ3v) is 4.88. The Balaban J connectivity index is 1.52. The number of carbonyl (C=O) groups is 1. The molecule has 126 valence electrons. The monoisotopic (exact) mass is 337 g/mol. The highest BCUT2D eigenvalue weighted by atomic mass is 35.5. The molecule has 0 spiro atoms. The first-order valence-corrected chi connectivity index (χ1v) is 8.66. The summed E-state index contributed by atoms with van der Waals surface area (Å²) in [7, 11) is 0. The number of hydrogen-bond donors (Lipinski definition) is 2. The Kier molecular flexibility index (Phi) is 5.54. The number of amides is 1. The summed E-state index contributed by atoms with van der Waals surface area (Å²) >= 11 is 5.93. The topological polar surface area (TPSA) is 55.8 Å². The van der Waals surface area contributed by atoms with Crippen molar-refractivity contribution >= 4 is 17.5 Å². The molecule has 3 rings (SSSR count). The minimum atomic E-state index is -0.391. The standard InChI is InChI=1S/C17H24ClN3O2/c18-14-4-2-13(3-5-14)12-20-6-1-7-21(9-8-20)17(23)16-10-15(22)11-19-16/h2-5,15-16,19,22H,1,6-12H2. The predicted molar refractivity (Wildman–Crippen MR) is 90.3 cm³/mol. The summed E-state index contributed by atoms with van der Waals surface area (Å²) in [6.45, 7) is 4.83. The molecule has 2 atom stereocenters.